The van der Waals surface area contributed by atoms with E-state index in [1.165, 1.54) is 0 Å². The van der Waals surface area contributed by atoms with Gasteiger partial charge in [-0.3, -0.25) is 0 Å². The van der Waals surface area contributed by atoms with Gasteiger partial charge in [-0.15, -0.1) is 10.2 Å². The summed E-state index contributed by atoms with van der Waals surface area (Å²) in [5, 5.41) is 11.7. The largest absolute Gasteiger partial charge is 0.456 e. The van der Waals surface area contributed by atoms with Crippen LogP contribution in [0, 0.1) is 6.92 Å². The molecule has 0 radical (unpaired) electrons. The number of nitrogens with zero attached hydrogens (tertiary/aromatic N) is 2. The van der Waals surface area contributed by atoms with Gasteiger partial charge in [0.1, 0.15) is 17.3 Å². The molecule has 5 nitrogen and oxygen atoms in total. The minimum Gasteiger partial charge on any atom is -0.456 e. The van der Waals surface area contributed by atoms with E-state index in [-0.39, 0.29) is 0 Å². The van der Waals surface area contributed by atoms with Crippen molar-refractivity contribution in [3.05, 3.63) is 61.8 Å². The molecule has 0 unspecified atom stereocenters. The summed E-state index contributed by atoms with van der Waals surface area (Å²) in [4.78, 5) is 3.02. The van der Waals surface area contributed by atoms with Gasteiger partial charge in [0.15, 0.2) is 0 Å². The highest BCUT2D eigenvalue weighted by molar-refractivity contribution is 9.11. The average Bonchev–Trinajstić information content (AvgIpc) is 2.95. The van der Waals surface area contributed by atoms with Gasteiger partial charge < -0.3 is 15.0 Å². The van der Waals surface area contributed by atoms with Crippen molar-refractivity contribution in [2.24, 2.45) is 0 Å². The number of nitrogens with one attached hydrogen (secondary N) is 2. The first-order valence-electron chi connectivity index (χ1n) is 7.06. The molecule has 0 aliphatic heterocycles. The second-order valence-electron chi connectivity index (χ2n) is 5.01. The van der Waals surface area contributed by atoms with Crippen molar-refractivity contribution in [3.63, 3.8) is 0 Å². The summed E-state index contributed by atoms with van der Waals surface area (Å²) in [6.07, 6.45) is 0. The van der Waals surface area contributed by atoms with Crippen LogP contribution < -0.4 is 10.1 Å². The normalized spacial score (nSPS) is 10.7. The van der Waals surface area contributed by atoms with Gasteiger partial charge in [0, 0.05) is 21.6 Å². The van der Waals surface area contributed by atoms with Crippen molar-refractivity contribution >= 4 is 49.4 Å². The van der Waals surface area contributed by atoms with Gasteiger partial charge >= 0.3 is 0 Å². The predicted octanol–water partition coefficient (Wildman–Crippen LogP) is 5.70. The Morgan fingerprint density at radius 3 is 2.71 bits per heavy atom. The Morgan fingerprint density at radius 2 is 2.00 bits per heavy atom. The number of aryl methyl sites for hydroxylation is 1. The number of ether oxygens (including phenoxy) is 1. The molecule has 0 aliphatic carbocycles. The highest BCUT2D eigenvalue weighted by Gasteiger charge is 2.12. The molecule has 0 amide bonds. The molecule has 0 bridgehead atoms. The first-order chi connectivity index (χ1) is 11.5. The molecule has 1 aromatic heterocycles. The third kappa shape index (κ3) is 4.09. The van der Waals surface area contributed by atoms with E-state index in [0.29, 0.717) is 29.0 Å². The summed E-state index contributed by atoms with van der Waals surface area (Å²) in [5.41, 5.74) is 0.836. The summed E-state index contributed by atoms with van der Waals surface area (Å²) < 4.78 is 7.85. The van der Waals surface area contributed by atoms with Gasteiger partial charge in [0.05, 0.1) is 4.47 Å². The molecule has 2 N–H and O–H groups in total. The zero-order valence-electron chi connectivity index (χ0n) is 12.6. The topological polar surface area (TPSA) is 62.8 Å². The van der Waals surface area contributed by atoms with Crippen molar-refractivity contribution in [2.45, 2.75) is 13.5 Å². The van der Waals surface area contributed by atoms with Crippen molar-refractivity contribution in [1.82, 2.24) is 15.2 Å². The van der Waals surface area contributed by atoms with Crippen molar-refractivity contribution in [1.29, 1.82) is 0 Å². The summed E-state index contributed by atoms with van der Waals surface area (Å²) in [6, 6.07) is 11.3. The molecule has 0 saturated heterocycles. The second-order valence-corrected chi connectivity index (χ2v) is 7.18. The Balaban J connectivity index is 1.84. The molecule has 2 aromatic carbocycles. The molecular weight excluding hydrogens is 459 g/mol. The van der Waals surface area contributed by atoms with Gasteiger partial charge in [-0.05, 0) is 53.2 Å². The lowest BCUT2D eigenvalue weighted by atomic mass is 10.2. The fourth-order valence-electron chi connectivity index (χ4n) is 2.08. The van der Waals surface area contributed by atoms with Crippen LogP contribution in [0.2, 0.25) is 5.02 Å². The summed E-state index contributed by atoms with van der Waals surface area (Å²) in [7, 11) is 0. The van der Waals surface area contributed by atoms with Gasteiger partial charge in [-0.25, -0.2) is 0 Å². The van der Waals surface area contributed by atoms with E-state index in [9.17, 15) is 0 Å². The number of hydrogen-bond donors (Lipinski definition) is 2. The minimum absolute atomic E-state index is 0.456. The van der Waals surface area contributed by atoms with Gasteiger partial charge in [0.2, 0.25) is 5.95 Å². The fraction of sp³-hybridized carbons (Fsp3) is 0.125. The molecule has 0 atom stereocenters. The van der Waals surface area contributed by atoms with E-state index in [2.05, 4.69) is 52.4 Å². The second kappa shape index (κ2) is 7.55. The first kappa shape index (κ1) is 17.3. The van der Waals surface area contributed by atoms with Crippen molar-refractivity contribution in [3.8, 4) is 11.5 Å². The van der Waals surface area contributed by atoms with Crippen molar-refractivity contribution < 1.29 is 4.74 Å². The number of benzene rings is 2. The fourth-order valence-corrected chi connectivity index (χ4v) is 3.44. The number of aromatic amines is 1. The first-order valence-corrected chi connectivity index (χ1v) is 9.03. The quantitative estimate of drug-likeness (QED) is 0.500. The van der Waals surface area contributed by atoms with Crippen LogP contribution in [0.3, 0.4) is 0 Å². The van der Waals surface area contributed by atoms with Crippen LogP contribution in [-0.4, -0.2) is 15.2 Å². The lowest BCUT2D eigenvalue weighted by Crippen LogP contribution is -2.04. The highest BCUT2D eigenvalue weighted by atomic mass is 79.9. The number of rotatable bonds is 5. The third-order valence-electron chi connectivity index (χ3n) is 3.22. The molecule has 0 spiro atoms. The third-order valence-corrected chi connectivity index (χ3v) is 4.69. The van der Waals surface area contributed by atoms with Crippen LogP contribution in [0.15, 0.2) is 45.3 Å². The monoisotopic (exact) mass is 470 g/mol. The minimum atomic E-state index is 0.456. The molecule has 3 aromatic rings. The number of anilines is 1. The molecule has 1 heterocycles. The molecule has 0 saturated carbocycles. The van der Waals surface area contributed by atoms with Crippen molar-refractivity contribution in [2.75, 3.05) is 5.32 Å². The maximum absolute atomic E-state index is 6.35. The summed E-state index contributed by atoms with van der Waals surface area (Å²) in [6.45, 7) is 2.30. The van der Waals surface area contributed by atoms with Crippen LogP contribution in [0.4, 0.5) is 5.95 Å². The lowest BCUT2D eigenvalue weighted by molar-refractivity contribution is 0.474. The van der Waals surface area contributed by atoms with E-state index >= 15 is 0 Å². The Kier molecular flexibility index (Phi) is 5.43. The summed E-state index contributed by atoms with van der Waals surface area (Å²) in [5.74, 6) is 2.71. The van der Waals surface area contributed by atoms with Gasteiger partial charge in [0.25, 0.3) is 0 Å². The van der Waals surface area contributed by atoms with Crippen LogP contribution >= 0.6 is 43.5 Å². The van der Waals surface area contributed by atoms with Crippen LogP contribution in [0.25, 0.3) is 0 Å². The molecule has 3 rings (SSSR count). The SMILES string of the molecule is Cc1nnc(NCc2c(Cl)cccc2Oc2ccc(Br)cc2Br)[nH]1. The van der Waals surface area contributed by atoms with E-state index < -0.39 is 0 Å². The maximum atomic E-state index is 6.35. The number of hydrogen-bond acceptors (Lipinski definition) is 4. The Hall–Kier alpha value is -1.57. The molecule has 124 valence electrons. The van der Waals surface area contributed by atoms with E-state index in [0.717, 1.165) is 20.3 Å². The smallest absolute Gasteiger partial charge is 0.222 e. The van der Waals surface area contributed by atoms with Crippen LogP contribution in [-0.2, 0) is 6.54 Å². The Morgan fingerprint density at radius 1 is 1.17 bits per heavy atom. The molecule has 0 aliphatic rings. The zero-order valence-corrected chi connectivity index (χ0v) is 16.5. The highest BCUT2D eigenvalue weighted by Crippen LogP contribution is 2.35. The molecular formula is C16H13Br2ClN4O. The Bertz CT molecular complexity index is 869. The average molecular weight is 473 g/mol. The van der Waals surface area contributed by atoms with E-state index in [4.69, 9.17) is 16.3 Å². The van der Waals surface area contributed by atoms with Crippen LogP contribution in [0.1, 0.15) is 11.4 Å². The molecule has 24 heavy (non-hydrogen) atoms. The lowest BCUT2D eigenvalue weighted by Gasteiger charge is -2.14. The molecule has 8 heteroatoms. The van der Waals surface area contributed by atoms with Crippen LogP contribution in [0.5, 0.6) is 11.5 Å². The van der Waals surface area contributed by atoms with E-state index in [1.807, 2.05) is 43.3 Å². The number of H-pyrrole nitrogens is 1. The van der Waals surface area contributed by atoms with Gasteiger partial charge in [-0.1, -0.05) is 33.6 Å². The van der Waals surface area contributed by atoms with Gasteiger partial charge in [-0.2, -0.15) is 0 Å². The molecule has 0 fully saturated rings. The predicted molar refractivity (Wildman–Crippen MR) is 102 cm³/mol. The Labute approximate surface area is 161 Å². The zero-order chi connectivity index (χ0) is 17.1. The standard InChI is InChI=1S/C16H13Br2ClN4O/c1-9-21-16(23-22-9)20-8-11-13(19)3-2-4-14(11)24-15-6-5-10(17)7-12(15)18/h2-7H,8H2,1H3,(H2,20,21,22,23). The maximum Gasteiger partial charge on any atom is 0.222 e. The summed E-state index contributed by atoms with van der Waals surface area (Å²) >= 11 is 13.3. The number of aromatic nitrogens is 3. The number of halogens is 3. The van der Waals surface area contributed by atoms with E-state index in [1.54, 1.807) is 0 Å².